The number of amides is 1. The molecular formula is C19H23NO2. The highest BCUT2D eigenvalue weighted by Gasteiger charge is 2.07. The number of nitrogens with one attached hydrogen (secondary N) is 1. The van der Waals surface area contributed by atoms with Crippen LogP contribution in [-0.4, -0.2) is 12.5 Å². The van der Waals surface area contributed by atoms with E-state index in [1.807, 2.05) is 38.1 Å². The summed E-state index contributed by atoms with van der Waals surface area (Å²) >= 11 is 0. The predicted octanol–water partition coefficient (Wildman–Crippen LogP) is 4.59. The van der Waals surface area contributed by atoms with E-state index in [1.165, 1.54) is 0 Å². The number of hydrogen-bond donors (Lipinski definition) is 1. The molecule has 2 aromatic rings. The lowest BCUT2D eigenvalue weighted by molar-refractivity contribution is 0.102. The summed E-state index contributed by atoms with van der Waals surface area (Å²) < 4.78 is 5.62. The molecule has 0 saturated carbocycles. The van der Waals surface area contributed by atoms with Gasteiger partial charge in [0.05, 0.1) is 6.61 Å². The third kappa shape index (κ3) is 4.62. The normalized spacial score (nSPS) is 10.6. The van der Waals surface area contributed by atoms with E-state index in [4.69, 9.17) is 4.74 Å². The molecule has 3 nitrogen and oxygen atoms in total. The lowest BCUT2D eigenvalue weighted by atomic mass is 10.1. The predicted molar refractivity (Wildman–Crippen MR) is 90.6 cm³/mol. The van der Waals surface area contributed by atoms with Crippen LogP contribution in [0.3, 0.4) is 0 Å². The van der Waals surface area contributed by atoms with Crippen LogP contribution in [0.2, 0.25) is 0 Å². The molecule has 0 bridgehead atoms. The standard InChI is InChI=1S/C19H23NO2/c1-13(2)12-22-18-7-5-16(6-8-18)19(21)20-17-10-14(3)9-15(4)11-17/h5-11,13H,12H2,1-4H3,(H,20,21). The Balaban J connectivity index is 2.03. The van der Waals surface area contributed by atoms with E-state index in [1.54, 1.807) is 12.1 Å². The Morgan fingerprint density at radius 1 is 1.05 bits per heavy atom. The van der Waals surface area contributed by atoms with E-state index in [2.05, 4.69) is 25.2 Å². The highest BCUT2D eigenvalue weighted by atomic mass is 16.5. The van der Waals surface area contributed by atoms with Gasteiger partial charge in [-0.05, 0) is 67.3 Å². The van der Waals surface area contributed by atoms with E-state index in [0.717, 1.165) is 22.6 Å². The molecule has 0 aromatic heterocycles. The van der Waals surface area contributed by atoms with Gasteiger partial charge in [-0.15, -0.1) is 0 Å². The topological polar surface area (TPSA) is 38.3 Å². The number of carbonyl (C=O) groups is 1. The molecule has 0 spiro atoms. The first-order valence-electron chi connectivity index (χ1n) is 7.56. The zero-order valence-corrected chi connectivity index (χ0v) is 13.6. The van der Waals surface area contributed by atoms with E-state index >= 15 is 0 Å². The number of ether oxygens (including phenoxy) is 1. The van der Waals surface area contributed by atoms with Crippen LogP contribution in [-0.2, 0) is 0 Å². The average Bonchev–Trinajstić information content (AvgIpc) is 2.44. The monoisotopic (exact) mass is 297 g/mol. The fourth-order valence-electron chi connectivity index (χ4n) is 2.22. The number of anilines is 1. The van der Waals surface area contributed by atoms with Gasteiger partial charge in [0.15, 0.2) is 0 Å². The zero-order valence-electron chi connectivity index (χ0n) is 13.6. The number of hydrogen-bond acceptors (Lipinski definition) is 2. The van der Waals surface area contributed by atoms with E-state index in [0.29, 0.717) is 18.1 Å². The molecule has 22 heavy (non-hydrogen) atoms. The van der Waals surface area contributed by atoms with Gasteiger partial charge in [0, 0.05) is 11.3 Å². The van der Waals surface area contributed by atoms with Crippen molar-refractivity contribution in [2.75, 3.05) is 11.9 Å². The molecule has 3 heteroatoms. The molecule has 0 fully saturated rings. The van der Waals surface area contributed by atoms with Crippen LogP contribution in [0.4, 0.5) is 5.69 Å². The minimum atomic E-state index is -0.111. The van der Waals surface area contributed by atoms with E-state index < -0.39 is 0 Å². The number of benzene rings is 2. The molecule has 2 aromatic carbocycles. The molecule has 0 radical (unpaired) electrons. The van der Waals surface area contributed by atoms with Crippen LogP contribution in [0.1, 0.15) is 35.3 Å². The van der Waals surface area contributed by atoms with Gasteiger partial charge in [0.25, 0.3) is 5.91 Å². The molecule has 0 aliphatic heterocycles. The number of rotatable bonds is 5. The first-order chi connectivity index (χ1) is 10.4. The summed E-state index contributed by atoms with van der Waals surface area (Å²) in [6, 6.07) is 13.2. The molecule has 0 atom stereocenters. The summed E-state index contributed by atoms with van der Waals surface area (Å²) in [6.07, 6.45) is 0. The third-order valence-electron chi connectivity index (χ3n) is 3.18. The first-order valence-corrected chi connectivity index (χ1v) is 7.56. The maximum Gasteiger partial charge on any atom is 0.255 e. The molecule has 0 unspecified atom stereocenters. The smallest absolute Gasteiger partial charge is 0.255 e. The van der Waals surface area contributed by atoms with Crippen molar-refractivity contribution in [1.29, 1.82) is 0 Å². The maximum atomic E-state index is 12.3. The van der Waals surface area contributed by atoms with E-state index in [-0.39, 0.29) is 5.91 Å². The van der Waals surface area contributed by atoms with Gasteiger partial charge >= 0.3 is 0 Å². The van der Waals surface area contributed by atoms with Crippen molar-refractivity contribution in [2.45, 2.75) is 27.7 Å². The Kier molecular flexibility index (Phi) is 5.21. The van der Waals surface area contributed by atoms with Crippen LogP contribution in [0.5, 0.6) is 5.75 Å². The molecular weight excluding hydrogens is 274 g/mol. The zero-order chi connectivity index (χ0) is 16.1. The van der Waals surface area contributed by atoms with Crippen molar-refractivity contribution in [3.05, 3.63) is 59.2 Å². The highest BCUT2D eigenvalue weighted by molar-refractivity contribution is 6.04. The second kappa shape index (κ2) is 7.12. The van der Waals surface area contributed by atoms with Crippen molar-refractivity contribution < 1.29 is 9.53 Å². The summed E-state index contributed by atoms with van der Waals surface area (Å²) in [7, 11) is 0. The van der Waals surface area contributed by atoms with Gasteiger partial charge in [0.2, 0.25) is 0 Å². The molecule has 0 saturated heterocycles. The van der Waals surface area contributed by atoms with E-state index in [9.17, 15) is 4.79 Å². The lowest BCUT2D eigenvalue weighted by Gasteiger charge is -2.10. The SMILES string of the molecule is Cc1cc(C)cc(NC(=O)c2ccc(OCC(C)C)cc2)c1. The summed E-state index contributed by atoms with van der Waals surface area (Å²) in [6.45, 7) is 8.92. The average molecular weight is 297 g/mol. The summed E-state index contributed by atoms with van der Waals surface area (Å²) in [5.41, 5.74) is 3.71. The Hall–Kier alpha value is -2.29. The van der Waals surface area contributed by atoms with Gasteiger partial charge in [-0.1, -0.05) is 19.9 Å². The fraction of sp³-hybridized carbons (Fsp3) is 0.316. The molecule has 0 aliphatic carbocycles. The van der Waals surface area contributed by atoms with Gasteiger partial charge in [-0.3, -0.25) is 4.79 Å². The Labute approximate surface area is 132 Å². The fourth-order valence-corrected chi connectivity index (χ4v) is 2.22. The third-order valence-corrected chi connectivity index (χ3v) is 3.18. The van der Waals surface area contributed by atoms with Crippen LogP contribution in [0.25, 0.3) is 0 Å². The van der Waals surface area contributed by atoms with Crippen LogP contribution < -0.4 is 10.1 Å². The van der Waals surface area contributed by atoms with Gasteiger partial charge in [-0.25, -0.2) is 0 Å². The molecule has 1 amide bonds. The maximum absolute atomic E-state index is 12.3. The number of carbonyl (C=O) groups excluding carboxylic acids is 1. The Morgan fingerprint density at radius 3 is 2.18 bits per heavy atom. The van der Waals surface area contributed by atoms with Gasteiger partial charge < -0.3 is 10.1 Å². The van der Waals surface area contributed by atoms with Crippen molar-refractivity contribution in [2.24, 2.45) is 5.92 Å². The largest absolute Gasteiger partial charge is 0.493 e. The molecule has 0 aliphatic rings. The first kappa shape index (κ1) is 16.1. The van der Waals surface area contributed by atoms with Crippen LogP contribution >= 0.6 is 0 Å². The van der Waals surface area contributed by atoms with Crippen molar-refractivity contribution in [3.8, 4) is 5.75 Å². The second-order valence-corrected chi connectivity index (χ2v) is 6.06. The van der Waals surface area contributed by atoms with Gasteiger partial charge in [-0.2, -0.15) is 0 Å². The lowest BCUT2D eigenvalue weighted by Crippen LogP contribution is -2.12. The summed E-state index contributed by atoms with van der Waals surface area (Å²) in [5, 5.41) is 2.93. The highest BCUT2D eigenvalue weighted by Crippen LogP contribution is 2.17. The van der Waals surface area contributed by atoms with Crippen molar-refractivity contribution in [3.63, 3.8) is 0 Å². The number of aryl methyl sites for hydroxylation is 2. The van der Waals surface area contributed by atoms with Crippen LogP contribution in [0, 0.1) is 19.8 Å². The summed E-state index contributed by atoms with van der Waals surface area (Å²) in [5.74, 6) is 1.16. The second-order valence-electron chi connectivity index (χ2n) is 6.06. The van der Waals surface area contributed by atoms with Crippen LogP contribution in [0.15, 0.2) is 42.5 Å². The summed E-state index contributed by atoms with van der Waals surface area (Å²) in [4.78, 5) is 12.3. The minimum absolute atomic E-state index is 0.111. The minimum Gasteiger partial charge on any atom is -0.493 e. The quantitative estimate of drug-likeness (QED) is 0.876. The van der Waals surface area contributed by atoms with Crippen molar-refractivity contribution in [1.82, 2.24) is 0 Å². The molecule has 2 rings (SSSR count). The van der Waals surface area contributed by atoms with Gasteiger partial charge in [0.1, 0.15) is 5.75 Å². The Bertz CT molecular complexity index is 625. The Morgan fingerprint density at radius 2 is 1.64 bits per heavy atom. The molecule has 116 valence electrons. The van der Waals surface area contributed by atoms with Crippen molar-refractivity contribution >= 4 is 11.6 Å². The molecule has 1 N–H and O–H groups in total. The molecule has 0 heterocycles.